The van der Waals surface area contributed by atoms with Crippen LogP contribution >= 0.6 is 0 Å². The molecule has 19 heavy (non-hydrogen) atoms. The molecule has 0 saturated heterocycles. The summed E-state index contributed by atoms with van der Waals surface area (Å²) >= 11 is 0. The quantitative estimate of drug-likeness (QED) is 0.438. The summed E-state index contributed by atoms with van der Waals surface area (Å²) in [6.07, 6.45) is 11.8. The van der Waals surface area contributed by atoms with E-state index in [9.17, 15) is 10.2 Å². The van der Waals surface area contributed by atoms with Gasteiger partial charge < -0.3 is 10.2 Å². The van der Waals surface area contributed by atoms with Crippen LogP contribution in [0.1, 0.15) is 84.5 Å². The van der Waals surface area contributed by atoms with E-state index in [0.29, 0.717) is 6.42 Å². The first-order chi connectivity index (χ1) is 9.20. The van der Waals surface area contributed by atoms with E-state index in [1.54, 1.807) is 0 Å². The van der Waals surface area contributed by atoms with Gasteiger partial charge in [-0.3, -0.25) is 0 Å². The smallest absolute Gasteiger partial charge is 0.114 e. The van der Waals surface area contributed by atoms with Crippen molar-refractivity contribution < 1.29 is 10.2 Å². The molecule has 0 aliphatic carbocycles. The Morgan fingerprint density at radius 2 is 1.16 bits per heavy atom. The molecule has 0 amide bonds. The van der Waals surface area contributed by atoms with Crippen LogP contribution in [0.3, 0.4) is 0 Å². The molecule has 0 saturated carbocycles. The maximum atomic E-state index is 9.61. The second-order valence-electron chi connectivity index (χ2n) is 5.35. The Balaban J connectivity index is 3.31. The SMILES string of the molecule is CCCCCCCCCCC[C@H](O)C#C[C@@H](O)CC. The van der Waals surface area contributed by atoms with Gasteiger partial charge in [0.05, 0.1) is 0 Å². The van der Waals surface area contributed by atoms with Gasteiger partial charge in [0.25, 0.3) is 0 Å². The van der Waals surface area contributed by atoms with Gasteiger partial charge in [0, 0.05) is 0 Å². The van der Waals surface area contributed by atoms with Crippen LogP contribution in [0.4, 0.5) is 0 Å². The van der Waals surface area contributed by atoms with Crippen molar-refractivity contribution in [3.05, 3.63) is 0 Å². The summed E-state index contributed by atoms with van der Waals surface area (Å²) in [6, 6.07) is 0. The van der Waals surface area contributed by atoms with E-state index in [4.69, 9.17) is 0 Å². The van der Waals surface area contributed by atoms with Crippen molar-refractivity contribution in [1.29, 1.82) is 0 Å². The first-order valence-corrected chi connectivity index (χ1v) is 8.07. The normalized spacial score (nSPS) is 13.7. The molecule has 0 rings (SSSR count). The molecule has 0 aliphatic heterocycles. The molecule has 0 heterocycles. The topological polar surface area (TPSA) is 40.5 Å². The molecule has 0 radical (unpaired) electrons. The summed E-state index contributed by atoms with van der Waals surface area (Å²) in [4.78, 5) is 0. The molecule has 0 bridgehead atoms. The number of hydrogen-bond donors (Lipinski definition) is 2. The van der Waals surface area contributed by atoms with Crippen molar-refractivity contribution >= 4 is 0 Å². The summed E-state index contributed by atoms with van der Waals surface area (Å²) < 4.78 is 0. The lowest BCUT2D eigenvalue weighted by Gasteiger charge is -2.04. The third-order valence-electron chi connectivity index (χ3n) is 3.38. The van der Waals surface area contributed by atoms with Gasteiger partial charge in [0.15, 0.2) is 0 Å². The highest BCUT2D eigenvalue weighted by atomic mass is 16.3. The van der Waals surface area contributed by atoms with Crippen molar-refractivity contribution in [3.63, 3.8) is 0 Å². The lowest BCUT2D eigenvalue weighted by Crippen LogP contribution is -2.06. The molecule has 0 aliphatic rings. The molecule has 2 atom stereocenters. The predicted molar refractivity (Wildman–Crippen MR) is 81.9 cm³/mol. The zero-order valence-corrected chi connectivity index (χ0v) is 12.8. The molecule has 112 valence electrons. The van der Waals surface area contributed by atoms with Crippen LogP contribution in [-0.4, -0.2) is 22.4 Å². The van der Waals surface area contributed by atoms with Gasteiger partial charge in [-0.2, -0.15) is 0 Å². The standard InChI is InChI=1S/C17H32O2/c1-3-5-6-7-8-9-10-11-12-13-17(19)15-14-16(18)4-2/h16-19H,3-13H2,1-2H3/t16-,17-/m0/s1. The van der Waals surface area contributed by atoms with Gasteiger partial charge in [-0.15, -0.1) is 0 Å². The average molecular weight is 268 g/mol. The lowest BCUT2D eigenvalue weighted by atomic mass is 10.1. The van der Waals surface area contributed by atoms with Crippen molar-refractivity contribution in [2.45, 2.75) is 96.7 Å². The van der Waals surface area contributed by atoms with E-state index in [2.05, 4.69) is 18.8 Å². The lowest BCUT2D eigenvalue weighted by molar-refractivity contribution is 0.211. The Morgan fingerprint density at radius 1 is 0.684 bits per heavy atom. The number of unbranched alkanes of at least 4 members (excludes halogenated alkanes) is 8. The fraction of sp³-hybridized carbons (Fsp3) is 0.882. The van der Waals surface area contributed by atoms with E-state index >= 15 is 0 Å². The Kier molecular flexibility index (Phi) is 13.5. The summed E-state index contributed by atoms with van der Waals surface area (Å²) in [7, 11) is 0. The molecule has 0 unspecified atom stereocenters. The summed E-state index contributed by atoms with van der Waals surface area (Å²) in [5, 5.41) is 18.9. The number of rotatable bonds is 11. The highest BCUT2D eigenvalue weighted by molar-refractivity contribution is 5.08. The Hall–Kier alpha value is -0.520. The van der Waals surface area contributed by atoms with E-state index in [-0.39, 0.29) is 0 Å². The molecule has 0 aromatic carbocycles. The van der Waals surface area contributed by atoms with E-state index in [0.717, 1.165) is 12.8 Å². The van der Waals surface area contributed by atoms with Gasteiger partial charge >= 0.3 is 0 Å². The van der Waals surface area contributed by atoms with Crippen molar-refractivity contribution in [2.24, 2.45) is 0 Å². The summed E-state index contributed by atoms with van der Waals surface area (Å²) in [5.74, 6) is 5.38. The molecule has 2 heteroatoms. The third kappa shape index (κ3) is 13.7. The number of hydrogen-bond acceptors (Lipinski definition) is 2. The van der Waals surface area contributed by atoms with Crippen molar-refractivity contribution in [3.8, 4) is 11.8 Å². The van der Waals surface area contributed by atoms with Crippen LogP contribution in [0, 0.1) is 11.8 Å². The first kappa shape index (κ1) is 18.5. The minimum absolute atomic E-state index is 0.564. The van der Waals surface area contributed by atoms with Crippen molar-refractivity contribution in [2.75, 3.05) is 0 Å². The third-order valence-corrected chi connectivity index (χ3v) is 3.38. The van der Waals surface area contributed by atoms with E-state index < -0.39 is 12.2 Å². The molecule has 2 N–H and O–H groups in total. The maximum Gasteiger partial charge on any atom is 0.114 e. The van der Waals surface area contributed by atoms with Gasteiger partial charge in [0.1, 0.15) is 12.2 Å². The fourth-order valence-electron chi connectivity index (χ4n) is 2.01. The van der Waals surface area contributed by atoms with Crippen LogP contribution < -0.4 is 0 Å². The van der Waals surface area contributed by atoms with Gasteiger partial charge in [-0.05, 0) is 19.3 Å². The molecule has 0 aromatic heterocycles. The highest BCUT2D eigenvalue weighted by Gasteiger charge is 2.00. The zero-order chi connectivity index (χ0) is 14.3. The zero-order valence-electron chi connectivity index (χ0n) is 12.8. The number of aliphatic hydroxyl groups is 2. The van der Waals surface area contributed by atoms with Gasteiger partial charge in [-0.1, -0.05) is 77.1 Å². The largest absolute Gasteiger partial charge is 0.380 e. The van der Waals surface area contributed by atoms with Crippen LogP contribution in [0.25, 0.3) is 0 Å². The Labute approximate surface area is 119 Å². The molecule has 0 aromatic rings. The molecular weight excluding hydrogens is 236 g/mol. The van der Waals surface area contributed by atoms with Crippen LogP contribution in [0.5, 0.6) is 0 Å². The molecular formula is C17H32O2. The minimum atomic E-state index is -0.585. The van der Waals surface area contributed by atoms with Crippen LogP contribution in [-0.2, 0) is 0 Å². The highest BCUT2D eigenvalue weighted by Crippen LogP contribution is 2.11. The van der Waals surface area contributed by atoms with Crippen molar-refractivity contribution in [1.82, 2.24) is 0 Å². The maximum absolute atomic E-state index is 9.61. The van der Waals surface area contributed by atoms with Crippen LogP contribution in [0.2, 0.25) is 0 Å². The Morgan fingerprint density at radius 3 is 1.68 bits per heavy atom. The first-order valence-electron chi connectivity index (χ1n) is 8.07. The molecule has 0 fully saturated rings. The number of aliphatic hydroxyl groups excluding tert-OH is 2. The second-order valence-corrected chi connectivity index (χ2v) is 5.35. The summed E-state index contributed by atoms with van der Waals surface area (Å²) in [6.45, 7) is 4.12. The fourth-order valence-corrected chi connectivity index (χ4v) is 2.01. The molecule has 0 spiro atoms. The van der Waals surface area contributed by atoms with E-state index in [1.165, 1.54) is 51.4 Å². The van der Waals surface area contributed by atoms with E-state index in [1.807, 2.05) is 6.92 Å². The second kappa shape index (κ2) is 13.9. The minimum Gasteiger partial charge on any atom is -0.380 e. The molecule has 2 nitrogen and oxygen atoms in total. The average Bonchev–Trinajstić information content (AvgIpc) is 2.42. The van der Waals surface area contributed by atoms with Gasteiger partial charge in [-0.25, -0.2) is 0 Å². The van der Waals surface area contributed by atoms with Gasteiger partial charge in [0.2, 0.25) is 0 Å². The monoisotopic (exact) mass is 268 g/mol. The van der Waals surface area contributed by atoms with Crippen LogP contribution in [0.15, 0.2) is 0 Å². The predicted octanol–water partition coefficient (Wildman–Crippen LogP) is 4.04. The Bertz CT molecular complexity index is 239. The summed E-state index contributed by atoms with van der Waals surface area (Å²) in [5.41, 5.74) is 0.